The highest BCUT2D eigenvalue weighted by molar-refractivity contribution is 5.97. The van der Waals surface area contributed by atoms with E-state index in [0.717, 1.165) is 79.9 Å². The Hall–Kier alpha value is -3.74. The van der Waals surface area contributed by atoms with E-state index in [4.69, 9.17) is 0 Å². The fraction of sp³-hybridized carbons (Fsp3) is 0.333. The maximum Gasteiger partial charge on any atom is 0.336 e. The van der Waals surface area contributed by atoms with Crippen LogP contribution in [0.1, 0.15) is 62.6 Å². The van der Waals surface area contributed by atoms with E-state index >= 15 is 0 Å². The lowest BCUT2D eigenvalue weighted by molar-refractivity contribution is 0.0684. The van der Waals surface area contributed by atoms with Crippen molar-refractivity contribution in [2.45, 2.75) is 31.6 Å². The van der Waals surface area contributed by atoms with Crippen molar-refractivity contribution in [2.75, 3.05) is 39.3 Å². The molecule has 1 aliphatic carbocycles. The van der Waals surface area contributed by atoms with Gasteiger partial charge in [0.05, 0.1) is 11.1 Å². The fourth-order valence-corrected chi connectivity index (χ4v) is 5.81. The molecule has 0 amide bonds. The van der Waals surface area contributed by atoms with Gasteiger partial charge in [0.15, 0.2) is 0 Å². The van der Waals surface area contributed by atoms with Crippen LogP contribution in [0.25, 0.3) is 11.1 Å². The first kappa shape index (κ1) is 29.8. The molecule has 2 aromatic carbocycles. The highest BCUT2D eigenvalue weighted by Crippen LogP contribution is 2.50. The van der Waals surface area contributed by atoms with Crippen LogP contribution in [0.4, 0.5) is 0 Å². The third-order valence-electron chi connectivity index (χ3n) is 7.33. The molecular weight excluding hydrogens is 488 g/mol. The molecule has 1 aliphatic rings. The average molecular weight is 529 g/mol. The summed E-state index contributed by atoms with van der Waals surface area (Å²) >= 11 is 0. The Morgan fingerprint density at radius 1 is 0.718 bits per heavy atom. The van der Waals surface area contributed by atoms with Crippen LogP contribution < -0.4 is 0 Å². The van der Waals surface area contributed by atoms with Crippen LogP contribution in [0.2, 0.25) is 0 Å². The van der Waals surface area contributed by atoms with Gasteiger partial charge in [0, 0.05) is 32.1 Å². The third-order valence-corrected chi connectivity index (χ3v) is 7.33. The quantitative estimate of drug-likeness (QED) is 0.222. The van der Waals surface area contributed by atoms with E-state index in [-0.39, 0.29) is 11.5 Å². The van der Waals surface area contributed by atoms with E-state index in [0.29, 0.717) is 18.4 Å². The summed E-state index contributed by atoms with van der Waals surface area (Å²) in [5.74, 6) is -2.12. The number of hydrogen-bond donors (Lipinski definition) is 2. The number of carboxylic acid groups (broad SMARTS) is 2. The van der Waals surface area contributed by atoms with Crippen molar-refractivity contribution in [1.29, 1.82) is 0 Å². The van der Waals surface area contributed by atoms with Crippen LogP contribution >= 0.6 is 0 Å². The number of hydrogen-bond acceptors (Lipinski definition) is 4. The molecule has 0 saturated heterocycles. The van der Waals surface area contributed by atoms with Gasteiger partial charge in [-0.15, -0.1) is 26.3 Å². The van der Waals surface area contributed by atoms with Crippen LogP contribution in [0.5, 0.6) is 0 Å². The van der Waals surface area contributed by atoms with Gasteiger partial charge < -0.3 is 10.2 Å². The maximum atomic E-state index is 12.4. The SMILES string of the molecule is C=CCN(CC=C)CCCc1c(C(=O)O)ccc2c1C(CCCN(CC=C)CC=C)c1c(C(=O)O)cccc1-2. The van der Waals surface area contributed by atoms with E-state index in [1.165, 1.54) is 0 Å². The standard InChI is InChI=1S/C33H40N2O4/c1-5-18-34(19-6-2)22-10-14-25-27(32(36)37)17-16-26-24-12-9-13-29(33(38)39)31(24)28(30(25)26)15-11-23-35(20-7-3)21-8-4/h5-9,12-13,16-17,28H,1-4,10-11,14-15,18-23H2,(H,36,37)(H,38,39). The molecule has 0 saturated carbocycles. The van der Waals surface area contributed by atoms with Crippen molar-refractivity contribution in [3.05, 3.63) is 109 Å². The van der Waals surface area contributed by atoms with Crippen LogP contribution in [-0.2, 0) is 6.42 Å². The predicted molar refractivity (Wildman–Crippen MR) is 159 cm³/mol. The maximum absolute atomic E-state index is 12.4. The number of carbonyl (C=O) groups is 2. The first-order valence-corrected chi connectivity index (χ1v) is 13.5. The number of fused-ring (bicyclic) bond motifs is 3. The van der Waals surface area contributed by atoms with Crippen molar-refractivity contribution < 1.29 is 19.8 Å². The van der Waals surface area contributed by atoms with Crippen molar-refractivity contribution in [3.8, 4) is 11.1 Å². The molecule has 0 bridgehead atoms. The monoisotopic (exact) mass is 528 g/mol. The second-order valence-electron chi connectivity index (χ2n) is 9.90. The third kappa shape index (κ3) is 7.02. The number of benzene rings is 2. The second-order valence-corrected chi connectivity index (χ2v) is 9.90. The van der Waals surface area contributed by atoms with Gasteiger partial charge in [-0.25, -0.2) is 9.59 Å². The first-order valence-electron chi connectivity index (χ1n) is 13.5. The molecule has 3 rings (SSSR count). The molecule has 0 aromatic heterocycles. The van der Waals surface area contributed by atoms with Gasteiger partial charge in [0.25, 0.3) is 0 Å². The molecule has 6 nitrogen and oxygen atoms in total. The Bertz CT molecular complexity index is 1210. The zero-order valence-electron chi connectivity index (χ0n) is 22.8. The Labute approximate surface area is 232 Å². The summed E-state index contributed by atoms with van der Waals surface area (Å²) in [4.78, 5) is 29.1. The van der Waals surface area contributed by atoms with Gasteiger partial charge >= 0.3 is 11.9 Å². The summed E-state index contributed by atoms with van der Waals surface area (Å²) in [6, 6.07) is 8.93. The first-order chi connectivity index (χ1) is 18.9. The number of aromatic carboxylic acids is 2. The highest BCUT2D eigenvalue weighted by Gasteiger charge is 2.35. The summed E-state index contributed by atoms with van der Waals surface area (Å²) in [6.45, 7) is 19.9. The van der Waals surface area contributed by atoms with Crippen molar-refractivity contribution in [1.82, 2.24) is 9.80 Å². The Kier molecular flexibility index (Phi) is 11.0. The number of nitrogens with zero attached hydrogens (tertiary/aromatic N) is 2. The van der Waals surface area contributed by atoms with Crippen LogP contribution in [0.15, 0.2) is 81.0 Å². The minimum absolute atomic E-state index is 0.191. The lowest BCUT2D eigenvalue weighted by Crippen LogP contribution is -2.26. The van der Waals surface area contributed by atoms with E-state index in [2.05, 4.69) is 36.1 Å². The Morgan fingerprint density at radius 2 is 1.26 bits per heavy atom. The van der Waals surface area contributed by atoms with Gasteiger partial charge in [0.2, 0.25) is 0 Å². The van der Waals surface area contributed by atoms with Crippen LogP contribution in [0, 0.1) is 0 Å². The minimum atomic E-state index is -0.964. The van der Waals surface area contributed by atoms with E-state index in [1.807, 2.05) is 36.4 Å². The summed E-state index contributed by atoms with van der Waals surface area (Å²) in [5.41, 5.74) is 4.99. The molecule has 1 unspecified atom stereocenters. The molecule has 0 fully saturated rings. The Morgan fingerprint density at radius 3 is 1.79 bits per heavy atom. The van der Waals surface area contributed by atoms with E-state index in [9.17, 15) is 19.8 Å². The predicted octanol–water partition coefficient (Wildman–Crippen LogP) is 6.26. The van der Waals surface area contributed by atoms with E-state index in [1.54, 1.807) is 18.2 Å². The van der Waals surface area contributed by atoms with E-state index < -0.39 is 11.9 Å². The second kappa shape index (κ2) is 14.4. The van der Waals surface area contributed by atoms with Gasteiger partial charge in [-0.1, -0.05) is 42.5 Å². The fourth-order valence-electron chi connectivity index (χ4n) is 5.81. The zero-order valence-corrected chi connectivity index (χ0v) is 22.8. The summed E-state index contributed by atoms with van der Waals surface area (Å²) in [6.07, 6.45) is 10.3. The molecule has 0 spiro atoms. The average Bonchev–Trinajstić information content (AvgIpc) is 3.23. The molecule has 39 heavy (non-hydrogen) atoms. The number of carboxylic acids is 2. The Balaban J connectivity index is 2.03. The minimum Gasteiger partial charge on any atom is -0.478 e. The number of rotatable bonds is 18. The van der Waals surface area contributed by atoms with Crippen LogP contribution in [0.3, 0.4) is 0 Å². The highest BCUT2D eigenvalue weighted by atomic mass is 16.4. The molecule has 1 atom stereocenters. The molecule has 0 radical (unpaired) electrons. The summed E-state index contributed by atoms with van der Waals surface area (Å²) in [7, 11) is 0. The van der Waals surface area contributed by atoms with Crippen LogP contribution in [-0.4, -0.2) is 71.2 Å². The van der Waals surface area contributed by atoms with Crippen molar-refractivity contribution >= 4 is 11.9 Å². The lowest BCUT2D eigenvalue weighted by Gasteiger charge is -2.23. The smallest absolute Gasteiger partial charge is 0.336 e. The molecule has 0 heterocycles. The van der Waals surface area contributed by atoms with Gasteiger partial charge in [-0.05, 0) is 78.7 Å². The molecule has 6 heteroatoms. The van der Waals surface area contributed by atoms with Crippen molar-refractivity contribution in [3.63, 3.8) is 0 Å². The van der Waals surface area contributed by atoms with Crippen molar-refractivity contribution in [2.24, 2.45) is 0 Å². The van der Waals surface area contributed by atoms with Gasteiger partial charge in [-0.3, -0.25) is 9.80 Å². The zero-order chi connectivity index (χ0) is 28.4. The summed E-state index contributed by atoms with van der Waals surface area (Å²) < 4.78 is 0. The molecular formula is C33H40N2O4. The molecule has 0 aliphatic heterocycles. The largest absolute Gasteiger partial charge is 0.478 e. The summed E-state index contributed by atoms with van der Waals surface area (Å²) in [5, 5.41) is 20.2. The normalized spacial score (nSPS) is 13.6. The molecule has 2 aromatic rings. The lowest BCUT2D eigenvalue weighted by atomic mass is 9.84. The molecule has 2 N–H and O–H groups in total. The van der Waals surface area contributed by atoms with Gasteiger partial charge in [-0.2, -0.15) is 0 Å². The topological polar surface area (TPSA) is 81.1 Å². The molecule has 206 valence electrons. The van der Waals surface area contributed by atoms with Gasteiger partial charge in [0.1, 0.15) is 0 Å².